The number of aromatic nitrogens is 1. The van der Waals surface area contributed by atoms with Crippen LogP contribution in [-0.2, 0) is 6.54 Å². The summed E-state index contributed by atoms with van der Waals surface area (Å²) in [6.45, 7) is 1.47. The number of rotatable bonds is 5. The van der Waals surface area contributed by atoms with E-state index in [1.807, 2.05) is 42.5 Å². The average molecular weight is 466 g/mol. The van der Waals surface area contributed by atoms with Crippen LogP contribution < -0.4 is 25.1 Å². The van der Waals surface area contributed by atoms with E-state index in [2.05, 4.69) is 15.2 Å². The van der Waals surface area contributed by atoms with Gasteiger partial charge >= 0.3 is 0 Å². The zero-order chi connectivity index (χ0) is 22.8. The monoisotopic (exact) mass is 465 g/mol. The Morgan fingerprint density at radius 2 is 1.82 bits per heavy atom. The molecule has 0 saturated heterocycles. The largest absolute Gasteiger partial charge is 0.497 e. The maximum Gasteiger partial charge on any atom is 0.253 e. The molecule has 2 aromatic carbocycles. The van der Waals surface area contributed by atoms with Gasteiger partial charge in [0.25, 0.3) is 5.56 Å². The van der Waals surface area contributed by atoms with Gasteiger partial charge in [-0.1, -0.05) is 12.8 Å². The number of nitrogens with zero attached hydrogens (tertiary/aromatic N) is 1. The van der Waals surface area contributed by atoms with Crippen molar-refractivity contribution in [1.82, 2.24) is 9.88 Å². The highest BCUT2D eigenvalue weighted by atomic mass is 32.1. The van der Waals surface area contributed by atoms with Gasteiger partial charge < -0.3 is 29.4 Å². The van der Waals surface area contributed by atoms with E-state index < -0.39 is 0 Å². The minimum absolute atomic E-state index is 0.116. The van der Waals surface area contributed by atoms with Crippen LogP contribution in [0.25, 0.3) is 10.9 Å². The maximum absolute atomic E-state index is 13.0. The molecular weight excluding hydrogens is 438 g/mol. The van der Waals surface area contributed by atoms with Crippen molar-refractivity contribution in [2.75, 3.05) is 25.6 Å². The molecule has 1 aliphatic carbocycles. The van der Waals surface area contributed by atoms with Crippen LogP contribution in [0.5, 0.6) is 17.2 Å². The SMILES string of the molecule is COc1ccc(NC(=S)N(Cc2cc3cc4c(cc3[nH]c2=O)OCCO4)C2CCCC2)cc1. The van der Waals surface area contributed by atoms with Gasteiger partial charge in [-0.05, 0) is 61.5 Å². The number of nitrogens with one attached hydrogen (secondary N) is 2. The van der Waals surface area contributed by atoms with Gasteiger partial charge in [-0.3, -0.25) is 4.79 Å². The van der Waals surface area contributed by atoms with Crippen molar-refractivity contribution in [3.05, 3.63) is 58.4 Å². The molecule has 1 saturated carbocycles. The summed E-state index contributed by atoms with van der Waals surface area (Å²) in [5.41, 5.74) is 2.18. The molecule has 2 N–H and O–H groups in total. The van der Waals surface area contributed by atoms with E-state index in [9.17, 15) is 4.79 Å². The fraction of sp³-hybridized carbons (Fsp3) is 0.360. The predicted octanol–water partition coefficient (Wildman–Crippen LogP) is 4.45. The second kappa shape index (κ2) is 9.31. The number of ether oxygens (including phenoxy) is 3. The van der Waals surface area contributed by atoms with Crippen LogP contribution in [0.1, 0.15) is 31.2 Å². The van der Waals surface area contributed by atoms with Gasteiger partial charge in [0.15, 0.2) is 16.6 Å². The Hall–Kier alpha value is -3.26. The summed E-state index contributed by atoms with van der Waals surface area (Å²) >= 11 is 5.81. The van der Waals surface area contributed by atoms with E-state index in [0.717, 1.165) is 35.2 Å². The number of H-pyrrole nitrogens is 1. The minimum atomic E-state index is -0.116. The molecular formula is C25H27N3O4S. The normalized spacial score (nSPS) is 15.4. The number of pyridine rings is 1. The third kappa shape index (κ3) is 4.61. The number of hydrogen-bond donors (Lipinski definition) is 2. The van der Waals surface area contributed by atoms with Gasteiger partial charge in [0.1, 0.15) is 19.0 Å². The zero-order valence-electron chi connectivity index (χ0n) is 18.6. The van der Waals surface area contributed by atoms with Crippen LogP contribution in [0.2, 0.25) is 0 Å². The van der Waals surface area contributed by atoms with Crippen molar-refractivity contribution in [3.8, 4) is 17.2 Å². The maximum atomic E-state index is 13.0. The summed E-state index contributed by atoms with van der Waals surface area (Å²) in [5, 5.41) is 4.87. The third-order valence-corrected chi connectivity index (χ3v) is 6.63. The molecule has 0 amide bonds. The van der Waals surface area contributed by atoms with Crippen molar-refractivity contribution in [1.29, 1.82) is 0 Å². The van der Waals surface area contributed by atoms with Gasteiger partial charge in [0, 0.05) is 28.7 Å². The Morgan fingerprint density at radius 3 is 2.52 bits per heavy atom. The molecule has 8 heteroatoms. The summed E-state index contributed by atoms with van der Waals surface area (Å²) < 4.78 is 16.6. The van der Waals surface area contributed by atoms with Crippen molar-refractivity contribution < 1.29 is 14.2 Å². The molecule has 1 aliphatic heterocycles. The first kappa shape index (κ1) is 21.6. The van der Waals surface area contributed by atoms with Gasteiger partial charge in [-0.25, -0.2) is 0 Å². The van der Waals surface area contributed by atoms with Gasteiger partial charge in [0.2, 0.25) is 0 Å². The van der Waals surface area contributed by atoms with E-state index in [4.69, 9.17) is 26.4 Å². The lowest BCUT2D eigenvalue weighted by Gasteiger charge is -2.31. The predicted molar refractivity (Wildman–Crippen MR) is 133 cm³/mol. The smallest absolute Gasteiger partial charge is 0.253 e. The molecule has 0 unspecified atom stereocenters. The average Bonchev–Trinajstić information content (AvgIpc) is 3.36. The van der Waals surface area contributed by atoms with Crippen LogP contribution in [0.15, 0.2) is 47.3 Å². The number of anilines is 1. The molecule has 33 heavy (non-hydrogen) atoms. The van der Waals surface area contributed by atoms with Gasteiger partial charge in [0.05, 0.1) is 19.2 Å². The van der Waals surface area contributed by atoms with Gasteiger partial charge in [-0.15, -0.1) is 0 Å². The number of thiocarbonyl (C=S) groups is 1. The number of methoxy groups -OCH3 is 1. The summed E-state index contributed by atoms with van der Waals surface area (Å²) in [6.07, 6.45) is 4.47. The summed E-state index contributed by atoms with van der Waals surface area (Å²) in [7, 11) is 1.64. The van der Waals surface area contributed by atoms with Crippen molar-refractivity contribution in [2.45, 2.75) is 38.3 Å². The second-order valence-corrected chi connectivity index (χ2v) is 8.82. The van der Waals surface area contributed by atoms with Crippen molar-refractivity contribution in [2.24, 2.45) is 0 Å². The highest BCUT2D eigenvalue weighted by Gasteiger charge is 2.26. The van der Waals surface area contributed by atoms with Crippen LogP contribution in [-0.4, -0.2) is 41.4 Å². The Kier molecular flexibility index (Phi) is 6.09. The topological polar surface area (TPSA) is 75.8 Å². The molecule has 172 valence electrons. The Bertz CT molecular complexity index is 1220. The number of fused-ring (bicyclic) bond motifs is 2. The van der Waals surface area contributed by atoms with Crippen LogP contribution >= 0.6 is 12.2 Å². The van der Waals surface area contributed by atoms with E-state index in [1.165, 1.54) is 12.8 Å². The first-order valence-electron chi connectivity index (χ1n) is 11.3. The standard InChI is InChI=1S/C25H27N3O4S/c1-30-20-8-6-18(7-9-20)26-25(33)28(19-4-2-3-5-19)15-17-12-16-13-22-23(32-11-10-31-22)14-21(16)27-24(17)29/h6-9,12-14,19H,2-5,10-11,15H2,1H3,(H,26,33)(H,27,29). The molecule has 0 radical (unpaired) electrons. The van der Waals surface area contributed by atoms with E-state index in [0.29, 0.717) is 48.0 Å². The number of benzene rings is 2. The molecule has 2 heterocycles. The van der Waals surface area contributed by atoms with Crippen LogP contribution in [0.4, 0.5) is 5.69 Å². The molecule has 1 fully saturated rings. The fourth-order valence-corrected chi connectivity index (χ4v) is 4.87. The van der Waals surface area contributed by atoms with Gasteiger partial charge in [-0.2, -0.15) is 0 Å². The number of hydrogen-bond acceptors (Lipinski definition) is 5. The van der Waals surface area contributed by atoms with Crippen LogP contribution in [0, 0.1) is 0 Å². The first-order chi connectivity index (χ1) is 16.1. The molecule has 3 aromatic rings. The molecule has 0 atom stereocenters. The first-order valence-corrected chi connectivity index (χ1v) is 11.7. The van der Waals surface area contributed by atoms with E-state index in [1.54, 1.807) is 7.11 Å². The minimum Gasteiger partial charge on any atom is -0.497 e. The summed E-state index contributed by atoms with van der Waals surface area (Å²) in [6, 6.07) is 13.7. The Morgan fingerprint density at radius 1 is 1.12 bits per heavy atom. The van der Waals surface area contributed by atoms with E-state index in [-0.39, 0.29) is 5.56 Å². The zero-order valence-corrected chi connectivity index (χ0v) is 19.4. The highest BCUT2D eigenvalue weighted by Crippen LogP contribution is 2.34. The lowest BCUT2D eigenvalue weighted by Crippen LogP contribution is -2.42. The second-order valence-electron chi connectivity index (χ2n) is 8.43. The summed E-state index contributed by atoms with van der Waals surface area (Å²) in [5.74, 6) is 2.16. The molecule has 0 spiro atoms. The van der Waals surface area contributed by atoms with Crippen molar-refractivity contribution in [3.63, 3.8) is 0 Å². The third-order valence-electron chi connectivity index (χ3n) is 6.29. The summed E-state index contributed by atoms with van der Waals surface area (Å²) in [4.78, 5) is 18.1. The Labute approximate surface area is 197 Å². The molecule has 5 rings (SSSR count). The Balaban J connectivity index is 1.42. The molecule has 1 aromatic heterocycles. The highest BCUT2D eigenvalue weighted by molar-refractivity contribution is 7.80. The molecule has 7 nitrogen and oxygen atoms in total. The van der Waals surface area contributed by atoms with Crippen molar-refractivity contribution >= 4 is 33.9 Å². The van der Waals surface area contributed by atoms with Crippen LogP contribution in [0.3, 0.4) is 0 Å². The number of aromatic amines is 1. The van der Waals surface area contributed by atoms with E-state index >= 15 is 0 Å². The molecule has 2 aliphatic rings. The quantitative estimate of drug-likeness (QED) is 0.539. The fourth-order valence-electron chi connectivity index (χ4n) is 4.54. The lowest BCUT2D eigenvalue weighted by molar-refractivity contribution is 0.172. The molecule has 0 bridgehead atoms. The lowest BCUT2D eigenvalue weighted by atomic mass is 10.1.